The fourth-order valence-electron chi connectivity index (χ4n) is 5.88. The van der Waals surface area contributed by atoms with E-state index in [-0.39, 0.29) is 37.1 Å². The Labute approximate surface area is 316 Å². The second-order valence-corrected chi connectivity index (χ2v) is 13.1. The van der Waals surface area contributed by atoms with Gasteiger partial charge in [0, 0.05) is 26.1 Å². The van der Waals surface area contributed by atoms with Crippen molar-refractivity contribution in [2.24, 2.45) is 17.2 Å². The molecule has 0 spiro atoms. The fourth-order valence-corrected chi connectivity index (χ4v) is 5.88. The highest BCUT2D eigenvalue weighted by molar-refractivity contribution is 5.93. The van der Waals surface area contributed by atoms with Gasteiger partial charge in [0.25, 0.3) is 0 Å². The molecular formula is C41H52N10O3. The monoisotopic (exact) mass is 732 g/mol. The summed E-state index contributed by atoms with van der Waals surface area (Å²) in [4.78, 5) is 40.9. The van der Waals surface area contributed by atoms with Gasteiger partial charge in [-0.25, -0.2) is 0 Å². The zero-order chi connectivity index (χ0) is 38.7. The lowest BCUT2D eigenvalue weighted by Crippen LogP contribution is -2.56. The Kier molecular flexibility index (Phi) is 16.0. The summed E-state index contributed by atoms with van der Waals surface area (Å²) in [7, 11) is 0. The summed E-state index contributed by atoms with van der Waals surface area (Å²) >= 11 is 0. The van der Waals surface area contributed by atoms with Crippen molar-refractivity contribution in [3.63, 3.8) is 0 Å². The quantitative estimate of drug-likeness (QED) is 0.0368. The van der Waals surface area contributed by atoms with Crippen LogP contribution in [0.15, 0.2) is 109 Å². The number of nitrogens with one attached hydrogen (secondary N) is 7. The third-order valence-corrected chi connectivity index (χ3v) is 8.82. The first kappa shape index (κ1) is 40.6. The van der Waals surface area contributed by atoms with Crippen LogP contribution in [0.3, 0.4) is 0 Å². The second-order valence-electron chi connectivity index (χ2n) is 13.1. The summed E-state index contributed by atoms with van der Waals surface area (Å²) in [6, 6.07) is 32.7. The first-order valence-electron chi connectivity index (χ1n) is 18.2. The SMILES string of the molecule is N=C(N)NCCCCNC(=O)[C@@H](Cc1ccc(-c2ccccc2)cc1)NC(=O)[C@H](CCCNC(=N)N)NC(=O)[C@@H](N)Cc1ccc(-c2ccccc2)cc1. The third-order valence-electron chi connectivity index (χ3n) is 8.82. The number of amides is 3. The van der Waals surface area contributed by atoms with Crippen molar-refractivity contribution in [3.05, 3.63) is 120 Å². The number of guanidine groups is 2. The topological polar surface area (TPSA) is 237 Å². The lowest BCUT2D eigenvalue weighted by Gasteiger charge is -2.25. The summed E-state index contributed by atoms with van der Waals surface area (Å²) in [6.07, 6.45) is 2.39. The zero-order valence-electron chi connectivity index (χ0n) is 30.4. The largest absolute Gasteiger partial charge is 0.370 e. The zero-order valence-corrected chi connectivity index (χ0v) is 30.4. The molecule has 4 aromatic carbocycles. The van der Waals surface area contributed by atoms with Gasteiger partial charge in [-0.1, -0.05) is 109 Å². The highest BCUT2D eigenvalue weighted by Gasteiger charge is 2.28. The molecule has 0 heterocycles. The molecule has 0 aromatic heterocycles. The van der Waals surface area contributed by atoms with E-state index in [1.165, 1.54) is 0 Å². The molecule has 0 unspecified atom stereocenters. The summed E-state index contributed by atoms with van der Waals surface area (Å²) in [6.45, 7) is 1.17. The lowest BCUT2D eigenvalue weighted by molar-refractivity contribution is -0.132. The first-order valence-corrected chi connectivity index (χ1v) is 18.2. The van der Waals surface area contributed by atoms with Gasteiger partial charge in [0.1, 0.15) is 12.1 Å². The lowest BCUT2D eigenvalue weighted by atomic mass is 9.99. The highest BCUT2D eigenvalue weighted by Crippen LogP contribution is 2.21. The van der Waals surface area contributed by atoms with E-state index in [4.69, 9.17) is 28.0 Å². The molecule has 13 heteroatoms. The van der Waals surface area contributed by atoms with E-state index in [0.29, 0.717) is 38.9 Å². The van der Waals surface area contributed by atoms with Crippen LogP contribution in [-0.4, -0.2) is 67.4 Å². The number of rotatable bonds is 20. The van der Waals surface area contributed by atoms with Crippen molar-refractivity contribution < 1.29 is 14.4 Å². The maximum Gasteiger partial charge on any atom is 0.243 e. The van der Waals surface area contributed by atoms with Gasteiger partial charge in [-0.2, -0.15) is 0 Å². The molecule has 13 nitrogen and oxygen atoms in total. The number of nitrogens with two attached hydrogens (primary N) is 3. The van der Waals surface area contributed by atoms with Crippen LogP contribution in [0.5, 0.6) is 0 Å². The molecule has 54 heavy (non-hydrogen) atoms. The molecule has 0 aliphatic rings. The summed E-state index contributed by atoms with van der Waals surface area (Å²) in [5, 5.41) is 28.8. The molecule has 0 bridgehead atoms. The molecular weight excluding hydrogens is 681 g/mol. The third kappa shape index (κ3) is 13.7. The van der Waals surface area contributed by atoms with Crippen molar-refractivity contribution in [1.82, 2.24) is 26.6 Å². The minimum atomic E-state index is -1.01. The molecule has 0 aliphatic carbocycles. The van der Waals surface area contributed by atoms with Crippen molar-refractivity contribution in [3.8, 4) is 22.3 Å². The fraction of sp³-hybridized carbons (Fsp3) is 0.293. The minimum absolute atomic E-state index is 0.114. The van der Waals surface area contributed by atoms with Crippen molar-refractivity contribution >= 4 is 29.6 Å². The summed E-state index contributed by atoms with van der Waals surface area (Å²) in [5.41, 5.74) is 23.1. The number of carbonyl (C=O) groups excluding carboxylic acids is 3. The van der Waals surface area contributed by atoms with E-state index in [0.717, 1.165) is 33.4 Å². The van der Waals surface area contributed by atoms with Crippen LogP contribution in [0.2, 0.25) is 0 Å². The number of hydrogen-bond acceptors (Lipinski definition) is 6. The van der Waals surface area contributed by atoms with Crippen molar-refractivity contribution in [2.75, 3.05) is 19.6 Å². The Morgan fingerprint density at radius 3 is 1.43 bits per heavy atom. The summed E-state index contributed by atoms with van der Waals surface area (Å²) in [5.74, 6) is -1.71. The average Bonchev–Trinajstić information content (AvgIpc) is 3.18. The smallest absolute Gasteiger partial charge is 0.243 e. The van der Waals surface area contributed by atoms with Gasteiger partial charge in [0.05, 0.1) is 6.04 Å². The predicted molar refractivity (Wildman–Crippen MR) is 214 cm³/mol. The van der Waals surface area contributed by atoms with Gasteiger partial charge >= 0.3 is 0 Å². The van der Waals surface area contributed by atoms with Gasteiger partial charge in [-0.3, -0.25) is 25.2 Å². The van der Waals surface area contributed by atoms with Gasteiger partial charge in [-0.15, -0.1) is 0 Å². The first-order chi connectivity index (χ1) is 26.1. The molecule has 284 valence electrons. The molecule has 0 saturated carbocycles. The van der Waals surface area contributed by atoms with Crippen LogP contribution >= 0.6 is 0 Å². The van der Waals surface area contributed by atoms with Crippen LogP contribution in [0, 0.1) is 10.8 Å². The van der Waals surface area contributed by atoms with Crippen LogP contribution < -0.4 is 43.8 Å². The van der Waals surface area contributed by atoms with Crippen molar-refractivity contribution in [1.29, 1.82) is 10.8 Å². The minimum Gasteiger partial charge on any atom is -0.370 e. The maximum atomic E-state index is 13.9. The molecule has 4 rings (SSSR count). The van der Waals surface area contributed by atoms with E-state index in [2.05, 4.69) is 26.6 Å². The molecule has 0 radical (unpaired) electrons. The Hall–Kier alpha value is -6.21. The van der Waals surface area contributed by atoms with Crippen LogP contribution in [-0.2, 0) is 27.2 Å². The van der Waals surface area contributed by atoms with Crippen LogP contribution in [0.4, 0.5) is 0 Å². The number of unbranched alkanes of at least 4 members (excludes halogenated alkanes) is 1. The van der Waals surface area contributed by atoms with Gasteiger partial charge in [0.2, 0.25) is 17.7 Å². The number of hydrogen-bond donors (Lipinski definition) is 10. The van der Waals surface area contributed by atoms with E-state index in [1.54, 1.807) is 0 Å². The van der Waals surface area contributed by atoms with Crippen LogP contribution in [0.25, 0.3) is 22.3 Å². The molecule has 0 fully saturated rings. The molecule has 0 saturated heterocycles. The van der Waals surface area contributed by atoms with Gasteiger partial charge in [-0.05, 0) is 65.5 Å². The average molecular weight is 733 g/mol. The van der Waals surface area contributed by atoms with E-state index < -0.39 is 29.9 Å². The summed E-state index contributed by atoms with van der Waals surface area (Å²) < 4.78 is 0. The Morgan fingerprint density at radius 1 is 0.500 bits per heavy atom. The second kappa shape index (κ2) is 21.3. The predicted octanol–water partition coefficient (Wildman–Crippen LogP) is 2.75. The Balaban J connectivity index is 1.45. The van der Waals surface area contributed by atoms with Gasteiger partial charge in [0.15, 0.2) is 11.9 Å². The molecule has 0 aliphatic heterocycles. The number of benzene rings is 4. The molecule has 13 N–H and O–H groups in total. The standard InChI is InChI=1S/C41H52N10O3/c42-34(26-28-15-19-32(20-16-28)30-10-3-1-4-11-30)37(52)50-35(14-9-25-49-41(45)46)39(54)51-36(38(53)47-23-7-8-24-48-40(43)44)27-29-17-21-33(22-18-29)31-12-5-2-6-13-31/h1-6,10-13,15-22,34-36H,7-9,14,23-27,42H2,(H,47,53)(H,50,52)(H,51,54)(H4,43,44,48)(H4,45,46,49)/t34-,35-,36+/m0/s1. The Bertz CT molecular complexity index is 1800. The van der Waals surface area contributed by atoms with E-state index in [9.17, 15) is 14.4 Å². The van der Waals surface area contributed by atoms with Crippen LogP contribution in [0.1, 0.15) is 36.8 Å². The van der Waals surface area contributed by atoms with E-state index in [1.807, 2.05) is 109 Å². The van der Waals surface area contributed by atoms with Gasteiger partial charge < -0.3 is 43.8 Å². The highest BCUT2D eigenvalue weighted by atomic mass is 16.2. The van der Waals surface area contributed by atoms with E-state index >= 15 is 0 Å². The molecule has 4 aromatic rings. The van der Waals surface area contributed by atoms with Crippen molar-refractivity contribution in [2.45, 2.75) is 56.7 Å². The molecule has 3 atom stereocenters. The Morgan fingerprint density at radius 2 is 0.926 bits per heavy atom. The number of carbonyl (C=O) groups is 3. The molecule has 3 amide bonds. The normalized spacial score (nSPS) is 12.4. The maximum absolute atomic E-state index is 13.9.